The molecular weight excluding hydrogens is 180 g/mol. The van der Waals surface area contributed by atoms with E-state index in [0.29, 0.717) is 12.5 Å². The first kappa shape index (κ1) is 8.38. The zero-order valence-corrected chi connectivity index (χ0v) is 7.90. The van der Waals surface area contributed by atoms with Crippen LogP contribution in [0.15, 0.2) is 0 Å². The molecule has 2 aliphatic rings. The molecule has 0 radical (unpaired) electrons. The lowest BCUT2D eigenvalue weighted by Crippen LogP contribution is -2.15. The molecule has 1 aromatic heterocycles. The number of β-amino-alcohol motifs (C(OH)–C–C–N with tert-alkyl or cyclic N) is 1. The van der Waals surface area contributed by atoms with Crippen molar-refractivity contribution in [2.75, 3.05) is 6.54 Å². The maximum Gasteiger partial charge on any atom is 0.153 e. The lowest BCUT2D eigenvalue weighted by Gasteiger charge is -2.03. The number of hydrogen-bond acceptors (Lipinski definition) is 4. The Morgan fingerprint density at radius 1 is 1.36 bits per heavy atom. The molecule has 2 atom stereocenters. The van der Waals surface area contributed by atoms with Gasteiger partial charge < -0.3 is 10.4 Å². The van der Waals surface area contributed by atoms with Gasteiger partial charge in [0.05, 0.1) is 12.1 Å². The molecule has 5 nitrogen and oxygen atoms in total. The average molecular weight is 194 g/mol. The predicted octanol–water partition coefficient (Wildman–Crippen LogP) is 0.0774. The molecule has 0 spiro atoms. The van der Waals surface area contributed by atoms with Crippen LogP contribution in [-0.4, -0.2) is 32.9 Å². The van der Waals surface area contributed by atoms with Gasteiger partial charge in [0.2, 0.25) is 0 Å². The minimum atomic E-state index is -0.241. The maximum absolute atomic E-state index is 9.36. The van der Waals surface area contributed by atoms with Gasteiger partial charge in [-0.1, -0.05) is 0 Å². The lowest BCUT2D eigenvalue weighted by atomic mass is 10.2. The summed E-state index contributed by atoms with van der Waals surface area (Å²) < 4.78 is 0. The van der Waals surface area contributed by atoms with Gasteiger partial charge in [0.15, 0.2) is 5.82 Å². The van der Waals surface area contributed by atoms with Gasteiger partial charge in [-0.3, -0.25) is 5.10 Å². The fourth-order valence-corrected chi connectivity index (χ4v) is 1.89. The standard InChI is InChI=1S/C9H14N4O/c14-6-3-7(10-4-6)9-11-8(12-13-9)5-1-2-5/h5-7,10,14H,1-4H2,(H,11,12,13)/t6-,7-/m0/s1. The monoisotopic (exact) mass is 194 g/mol. The number of nitrogens with one attached hydrogen (secondary N) is 2. The number of aromatic amines is 1. The maximum atomic E-state index is 9.36. The molecular formula is C9H14N4O. The van der Waals surface area contributed by atoms with Crippen LogP contribution in [0.4, 0.5) is 0 Å². The number of aliphatic hydroxyl groups excluding tert-OH is 1. The number of aromatic nitrogens is 3. The Labute approximate surface area is 81.9 Å². The highest BCUT2D eigenvalue weighted by molar-refractivity contribution is 5.08. The number of hydrogen-bond donors (Lipinski definition) is 3. The molecule has 2 heterocycles. The largest absolute Gasteiger partial charge is 0.392 e. The molecule has 0 bridgehead atoms. The van der Waals surface area contributed by atoms with Gasteiger partial charge in [-0.05, 0) is 19.3 Å². The van der Waals surface area contributed by atoms with Gasteiger partial charge in [0, 0.05) is 12.5 Å². The van der Waals surface area contributed by atoms with Crippen LogP contribution < -0.4 is 5.32 Å². The highest BCUT2D eigenvalue weighted by atomic mass is 16.3. The zero-order chi connectivity index (χ0) is 9.54. The van der Waals surface area contributed by atoms with Gasteiger partial charge in [-0.2, -0.15) is 5.10 Å². The van der Waals surface area contributed by atoms with E-state index >= 15 is 0 Å². The van der Waals surface area contributed by atoms with E-state index in [1.54, 1.807) is 0 Å². The Bertz CT molecular complexity index is 333. The van der Waals surface area contributed by atoms with Crippen LogP contribution in [0.1, 0.15) is 42.9 Å². The quantitative estimate of drug-likeness (QED) is 0.623. The molecule has 0 unspecified atom stereocenters. The number of rotatable bonds is 2. The second-order valence-electron chi connectivity index (χ2n) is 4.20. The molecule has 2 fully saturated rings. The van der Waals surface area contributed by atoms with Gasteiger partial charge >= 0.3 is 0 Å². The predicted molar refractivity (Wildman–Crippen MR) is 49.7 cm³/mol. The van der Waals surface area contributed by atoms with Crippen molar-refractivity contribution in [1.29, 1.82) is 0 Å². The smallest absolute Gasteiger partial charge is 0.153 e. The molecule has 14 heavy (non-hydrogen) atoms. The number of H-pyrrole nitrogens is 1. The third-order valence-corrected chi connectivity index (χ3v) is 2.90. The third-order valence-electron chi connectivity index (χ3n) is 2.90. The van der Waals surface area contributed by atoms with E-state index < -0.39 is 0 Å². The summed E-state index contributed by atoms with van der Waals surface area (Å²) in [5.41, 5.74) is 0. The summed E-state index contributed by atoms with van der Waals surface area (Å²) in [4.78, 5) is 4.45. The van der Waals surface area contributed by atoms with Gasteiger partial charge in [-0.25, -0.2) is 4.98 Å². The highest BCUT2D eigenvalue weighted by Crippen LogP contribution is 2.38. The topological polar surface area (TPSA) is 73.8 Å². The second kappa shape index (κ2) is 3.03. The summed E-state index contributed by atoms with van der Waals surface area (Å²) in [5.74, 6) is 2.41. The van der Waals surface area contributed by atoms with Crippen LogP contribution in [0.2, 0.25) is 0 Å². The van der Waals surface area contributed by atoms with Crippen molar-refractivity contribution in [1.82, 2.24) is 20.5 Å². The molecule has 1 aliphatic heterocycles. The van der Waals surface area contributed by atoms with Crippen molar-refractivity contribution in [2.24, 2.45) is 0 Å². The SMILES string of the molecule is O[C@@H]1CN[C@H](c2nc(C3CC3)n[nH]2)C1. The molecule has 5 heteroatoms. The van der Waals surface area contributed by atoms with Crippen molar-refractivity contribution >= 4 is 0 Å². The summed E-state index contributed by atoms with van der Waals surface area (Å²) in [6.45, 7) is 0.657. The van der Waals surface area contributed by atoms with Crippen molar-refractivity contribution in [3.05, 3.63) is 11.6 Å². The third kappa shape index (κ3) is 1.42. The van der Waals surface area contributed by atoms with Gasteiger partial charge in [-0.15, -0.1) is 0 Å². The summed E-state index contributed by atoms with van der Waals surface area (Å²) in [5, 5.41) is 19.7. The summed E-state index contributed by atoms with van der Waals surface area (Å²) in [6.07, 6.45) is 2.93. The van der Waals surface area contributed by atoms with E-state index in [-0.39, 0.29) is 12.1 Å². The van der Waals surface area contributed by atoms with Crippen LogP contribution in [0.5, 0.6) is 0 Å². The molecule has 0 amide bonds. The highest BCUT2D eigenvalue weighted by Gasteiger charge is 2.30. The zero-order valence-electron chi connectivity index (χ0n) is 7.90. The first-order valence-electron chi connectivity index (χ1n) is 5.16. The van der Waals surface area contributed by atoms with E-state index in [1.165, 1.54) is 12.8 Å². The molecule has 1 aliphatic carbocycles. The number of aliphatic hydroxyl groups is 1. The normalized spacial score (nSPS) is 32.4. The Hall–Kier alpha value is -0.940. The Balaban J connectivity index is 1.75. The van der Waals surface area contributed by atoms with Crippen LogP contribution in [0, 0.1) is 0 Å². The molecule has 3 rings (SSSR count). The van der Waals surface area contributed by atoms with E-state index in [0.717, 1.165) is 18.1 Å². The summed E-state index contributed by atoms with van der Waals surface area (Å²) >= 11 is 0. The summed E-state index contributed by atoms with van der Waals surface area (Å²) in [6, 6.07) is 0.157. The van der Waals surface area contributed by atoms with E-state index in [9.17, 15) is 5.11 Å². The average Bonchev–Trinajstić information content (AvgIpc) is 2.76. The van der Waals surface area contributed by atoms with E-state index in [2.05, 4.69) is 20.5 Å². The van der Waals surface area contributed by atoms with E-state index in [4.69, 9.17) is 0 Å². The molecule has 1 saturated heterocycles. The Kier molecular flexibility index (Phi) is 1.81. The van der Waals surface area contributed by atoms with Crippen LogP contribution in [0.25, 0.3) is 0 Å². The van der Waals surface area contributed by atoms with Gasteiger partial charge in [0.1, 0.15) is 5.82 Å². The van der Waals surface area contributed by atoms with E-state index in [1.807, 2.05) is 0 Å². The molecule has 1 aromatic rings. The fourth-order valence-electron chi connectivity index (χ4n) is 1.89. The molecule has 0 aromatic carbocycles. The van der Waals surface area contributed by atoms with Crippen molar-refractivity contribution in [3.8, 4) is 0 Å². The first-order valence-corrected chi connectivity index (χ1v) is 5.16. The van der Waals surface area contributed by atoms with Crippen LogP contribution >= 0.6 is 0 Å². The summed E-state index contributed by atoms with van der Waals surface area (Å²) in [7, 11) is 0. The van der Waals surface area contributed by atoms with Crippen molar-refractivity contribution in [3.63, 3.8) is 0 Å². The minimum Gasteiger partial charge on any atom is -0.392 e. The van der Waals surface area contributed by atoms with Crippen molar-refractivity contribution in [2.45, 2.75) is 37.3 Å². The van der Waals surface area contributed by atoms with Crippen molar-refractivity contribution < 1.29 is 5.11 Å². The fraction of sp³-hybridized carbons (Fsp3) is 0.778. The first-order chi connectivity index (χ1) is 6.83. The Morgan fingerprint density at radius 3 is 2.86 bits per heavy atom. The Morgan fingerprint density at radius 2 is 2.21 bits per heavy atom. The molecule has 3 N–H and O–H groups in total. The van der Waals surface area contributed by atoms with Gasteiger partial charge in [0.25, 0.3) is 0 Å². The minimum absolute atomic E-state index is 0.157. The van der Waals surface area contributed by atoms with Crippen LogP contribution in [-0.2, 0) is 0 Å². The molecule has 1 saturated carbocycles. The molecule has 76 valence electrons. The van der Waals surface area contributed by atoms with Crippen LogP contribution in [0.3, 0.4) is 0 Å². The number of nitrogens with zero attached hydrogens (tertiary/aromatic N) is 2. The lowest BCUT2D eigenvalue weighted by molar-refractivity contribution is 0.193. The second-order valence-corrected chi connectivity index (χ2v) is 4.20.